The minimum atomic E-state index is -1.31. The first-order valence-electron chi connectivity index (χ1n) is 16.7. The fourth-order valence-corrected chi connectivity index (χ4v) is 5.92. The van der Waals surface area contributed by atoms with E-state index in [2.05, 4.69) is 33.8 Å². The van der Waals surface area contributed by atoms with E-state index in [-0.39, 0.29) is 85.6 Å². The minimum absolute atomic E-state index is 0. The van der Waals surface area contributed by atoms with Gasteiger partial charge >= 0.3 is 41.9 Å². The third-order valence-electron chi connectivity index (χ3n) is 8.91. The van der Waals surface area contributed by atoms with Gasteiger partial charge in [0.2, 0.25) is 0 Å². The normalized spacial score (nSPS) is 18.5. The largest absolute Gasteiger partial charge is 2.00 e. The number of halogens is 4. The van der Waals surface area contributed by atoms with Crippen molar-refractivity contribution in [3.05, 3.63) is 42.9 Å². The maximum Gasteiger partial charge on any atom is 2.00 e. The summed E-state index contributed by atoms with van der Waals surface area (Å²) in [4.78, 5) is 18.0. The van der Waals surface area contributed by atoms with Crippen LogP contribution in [-0.2, 0) is 17.9 Å². The number of rotatable bonds is 6. The average Bonchev–Trinajstić information content (AvgIpc) is 3.92. The molecule has 4 aliphatic carbocycles. The second kappa shape index (κ2) is 25.6. The molecular formula is C37H47Cl4LiMgN6O2. The molecule has 0 aromatic carbocycles. The molecule has 0 saturated heterocycles. The Morgan fingerprint density at radius 3 is 1.78 bits per heavy atom. The predicted octanol–water partition coefficient (Wildman–Crippen LogP) is -2.00. The number of Topliss-reactive ketones (excluding diaryl/α,β-unsaturated/α-hetero) is 1. The zero-order valence-corrected chi connectivity index (χ0v) is 34.6. The molecule has 0 aliphatic heterocycles. The van der Waals surface area contributed by atoms with Crippen molar-refractivity contribution in [2.24, 2.45) is 11.8 Å². The third kappa shape index (κ3) is 16.3. The second-order valence-electron chi connectivity index (χ2n) is 12.9. The number of aromatic nitrogens is 4. The van der Waals surface area contributed by atoms with Gasteiger partial charge in [-0.2, -0.15) is 24.4 Å². The quantitative estimate of drug-likeness (QED) is 0.157. The van der Waals surface area contributed by atoms with Crippen LogP contribution in [0.1, 0.15) is 115 Å². The zero-order valence-electron chi connectivity index (χ0n) is 30.2. The van der Waals surface area contributed by atoms with Gasteiger partial charge in [0.05, 0.1) is 43.0 Å². The minimum Gasteiger partial charge on any atom is -1.00 e. The number of carbonyl (C=O) groups excluding carboxylic acids is 1. The standard InChI is InChI=1S/C17H20ClN3O.C9H8ClN3O.C8H12.C3H7.2ClH.Li.Mg/c18-16(8-9-16)17(22,7-6-14-4-2-1-3-5-14)12-21-13-20-11-15(21)10-19;10-9(1-2-9)8(14)5-13-6-12-4-7(13)3-11;1-2-8-6-4-3-5-7-8;1-3-2;;;;/h11,13-14,22H,1-5,8-9,12H2;4,6H,1-2,5H2;1,8H,3-7H2;3H,1-2H3;2*1H;;/q;;;-1;;;+1;+2/p-2. The summed E-state index contributed by atoms with van der Waals surface area (Å²) < 4.78 is 3.16. The Morgan fingerprint density at radius 1 is 0.922 bits per heavy atom. The number of terminal acetylenes is 1. The maximum atomic E-state index is 11.6. The Labute approximate surface area is 355 Å². The first kappa shape index (κ1) is 51.8. The molecule has 268 valence electrons. The molecule has 14 heteroatoms. The van der Waals surface area contributed by atoms with Gasteiger partial charge in [-0.3, -0.25) is 4.79 Å². The molecule has 1 unspecified atom stereocenters. The average molecular weight is 781 g/mol. The molecule has 1 N–H and O–H groups in total. The topological polar surface area (TPSA) is 121 Å². The van der Waals surface area contributed by atoms with Gasteiger partial charge in [-0.05, 0) is 51.4 Å². The van der Waals surface area contributed by atoms with Crippen LogP contribution in [0, 0.1) is 65.1 Å². The number of nitriles is 2. The molecule has 2 aromatic rings. The molecule has 6 rings (SSSR count). The fraction of sp³-hybridized carbons (Fsp3) is 0.622. The van der Waals surface area contributed by atoms with Crippen molar-refractivity contribution in [2.75, 3.05) is 0 Å². The van der Waals surface area contributed by atoms with E-state index >= 15 is 0 Å². The van der Waals surface area contributed by atoms with Crippen LogP contribution in [0.5, 0.6) is 0 Å². The Bertz CT molecular complexity index is 1500. The molecule has 8 nitrogen and oxygen atoms in total. The van der Waals surface area contributed by atoms with Gasteiger partial charge in [0, 0.05) is 11.8 Å². The van der Waals surface area contributed by atoms with E-state index in [1.807, 2.05) is 26.3 Å². The molecule has 4 aliphatic rings. The van der Waals surface area contributed by atoms with E-state index in [1.165, 1.54) is 74.7 Å². The summed E-state index contributed by atoms with van der Waals surface area (Å²) in [5.74, 6) is 10.1. The molecule has 0 bridgehead atoms. The molecule has 0 amide bonds. The van der Waals surface area contributed by atoms with Crippen LogP contribution in [0.2, 0.25) is 0 Å². The molecule has 4 fully saturated rings. The summed E-state index contributed by atoms with van der Waals surface area (Å²) in [7, 11) is 0. The second-order valence-corrected chi connectivity index (χ2v) is 14.4. The van der Waals surface area contributed by atoms with Gasteiger partial charge in [0.25, 0.3) is 0 Å². The fourth-order valence-electron chi connectivity index (χ4n) is 5.57. The van der Waals surface area contributed by atoms with Gasteiger partial charge in [-0.25, -0.2) is 9.97 Å². The van der Waals surface area contributed by atoms with Crippen molar-refractivity contribution in [1.29, 1.82) is 10.5 Å². The van der Waals surface area contributed by atoms with E-state index in [0.29, 0.717) is 23.2 Å². The monoisotopic (exact) mass is 778 g/mol. The van der Waals surface area contributed by atoms with E-state index in [1.54, 1.807) is 10.9 Å². The van der Waals surface area contributed by atoms with Crippen LogP contribution in [0.15, 0.2) is 25.0 Å². The van der Waals surface area contributed by atoms with E-state index in [4.69, 9.17) is 40.1 Å². The van der Waals surface area contributed by atoms with Gasteiger partial charge < -0.3 is 45.5 Å². The molecule has 51 heavy (non-hydrogen) atoms. The number of alkyl halides is 2. The van der Waals surface area contributed by atoms with Crippen LogP contribution >= 0.6 is 23.2 Å². The Balaban J connectivity index is 0. The molecule has 2 aromatic heterocycles. The predicted molar refractivity (Wildman–Crippen MR) is 191 cm³/mol. The van der Waals surface area contributed by atoms with Gasteiger partial charge in [-0.1, -0.05) is 50.4 Å². The van der Waals surface area contributed by atoms with Gasteiger partial charge in [0.15, 0.2) is 11.4 Å². The Hall–Kier alpha value is -1.33. The Kier molecular flexibility index (Phi) is 26.0. The van der Waals surface area contributed by atoms with Crippen molar-refractivity contribution in [1.82, 2.24) is 19.1 Å². The van der Waals surface area contributed by atoms with E-state index in [0.717, 1.165) is 38.5 Å². The smallest absolute Gasteiger partial charge is 1.00 e. The van der Waals surface area contributed by atoms with Gasteiger partial charge in [-0.15, -0.1) is 35.5 Å². The Morgan fingerprint density at radius 2 is 1.37 bits per heavy atom. The van der Waals surface area contributed by atoms with Crippen molar-refractivity contribution in [3.63, 3.8) is 0 Å². The van der Waals surface area contributed by atoms with Crippen LogP contribution < -0.4 is 43.7 Å². The summed E-state index contributed by atoms with van der Waals surface area (Å²) >= 11 is 12.5. The number of carbonyl (C=O) groups is 1. The number of ketones is 1. The summed E-state index contributed by atoms with van der Waals surface area (Å²) in [6.07, 6.45) is 28.8. The third-order valence-corrected chi connectivity index (χ3v) is 10.2. The van der Waals surface area contributed by atoms with Crippen LogP contribution in [0.25, 0.3) is 0 Å². The number of hydrogen-bond donors (Lipinski definition) is 1. The van der Waals surface area contributed by atoms with E-state index < -0.39 is 15.3 Å². The first-order chi connectivity index (χ1) is 22.6. The van der Waals surface area contributed by atoms with Crippen molar-refractivity contribution in [3.8, 4) is 36.3 Å². The number of hydrogen-bond acceptors (Lipinski definition) is 6. The van der Waals surface area contributed by atoms with Crippen molar-refractivity contribution < 1.29 is 53.6 Å². The van der Waals surface area contributed by atoms with Crippen LogP contribution in [-0.4, -0.2) is 68.4 Å². The van der Waals surface area contributed by atoms with Crippen LogP contribution in [0.3, 0.4) is 0 Å². The first-order valence-corrected chi connectivity index (χ1v) is 17.5. The summed E-state index contributed by atoms with van der Waals surface area (Å²) in [5, 5.41) is 28.8. The molecule has 2 heterocycles. The summed E-state index contributed by atoms with van der Waals surface area (Å²) in [6, 6.07) is 4.03. The number of imidazole rings is 2. The molecular weight excluding hydrogens is 734 g/mol. The maximum absolute atomic E-state index is 11.6. The molecule has 0 spiro atoms. The molecule has 0 radical (unpaired) electrons. The van der Waals surface area contributed by atoms with Crippen LogP contribution in [0.4, 0.5) is 0 Å². The molecule has 1 atom stereocenters. The summed E-state index contributed by atoms with van der Waals surface area (Å²) in [5.41, 5.74) is -0.503. The van der Waals surface area contributed by atoms with Crippen molar-refractivity contribution >= 4 is 52.0 Å². The van der Waals surface area contributed by atoms with Crippen molar-refractivity contribution in [2.45, 2.75) is 132 Å². The number of nitrogens with zero attached hydrogens (tertiary/aromatic N) is 6. The summed E-state index contributed by atoms with van der Waals surface area (Å²) in [6.45, 7) is 4.34. The number of aliphatic hydroxyl groups is 1. The molecule has 4 saturated carbocycles. The van der Waals surface area contributed by atoms with E-state index in [9.17, 15) is 9.90 Å². The SMILES string of the molecule is C#CC1CCCCC1.C[CH-]C.N#Cc1cncn1CC(=O)C1(Cl)CC1.N#Cc1cncn1CC(O)(C#CC1CCCCC1)C1(Cl)CC1.[Cl-].[Cl-].[Li+].[Mg+2]. The zero-order chi connectivity index (χ0) is 34.3. The van der Waals surface area contributed by atoms with Gasteiger partial charge in [0.1, 0.15) is 28.4 Å².